The Kier molecular flexibility index (Phi) is 2.91. The summed E-state index contributed by atoms with van der Waals surface area (Å²) in [5.41, 5.74) is 0.0656. The number of nitrogens with one attached hydrogen (secondary N) is 1. The van der Waals surface area contributed by atoms with Gasteiger partial charge >= 0.3 is 0 Å². The Hall–Kier alpha value is -1.05. The quantitative estimate of drug-likeness (QED) is 0.690. The third kappa shape index (κ3) is 3.92. The fourth-order valence-corrected chi connectivity index (χ4v) is 1.25. The average molecular weight is 179 g/mol. The molecule has 0 aliphatic heterocycles. The minimum atomic E-state index is 0.0656. The first-order valence-electron chi connectivity index (χ1n) is 4.62. The van der Waals surface area contributed by atoms with E-state index in [0.29, 0.717) is 6.42 Å². The number of hydrogen-bond acceptors (Lipinski definition) is 1. The zero-order valence-corrected chi connectivity index (χ0v) is 8.50. The van der Waals surface area contributed by atoms with Gasteiger partial charge in [0.05, 0.1) is 6.04 Å². The van der Waals surface area contributed by atoms with Crippen LogP contribution in [0, 0.1) is 5.41 Å². The number of amides is 1. The first kappa shape index (κ1) is 10.0. The van der Waals surface area contributed by atoms with Crippen molar-refractivity contribution in [1.82, 2.24) is 5.32 Å². The van der Waals surface area contributed by atoms with Crippen LogP contribution in [-0.2, 0) is 4.79 Å². The molecule has 1 amide bonds. The third-order valence-corrected chi connectivity index (χ3v) is 1.77. The highest BCUT2D eigenvalue weighted by atomic mass is 16.1. The van der Waals surface area contributed by atoms with Crippen molar-refractivity contribution in [1.29, 1.82) is 0 Å². The summed E-state index contributed by atoms with van der Waals surface area (Å²) in [5.74, 6) is 0.119. The Labute approximate surface area is 79.7 Å². The molecule has 0 fully saturated rings. The van der Waals surface area contributed by atoms with Crippen molar-refractivity contribution < 1.29 is 4.79 Å². The molecule has 13 heavy (non-hydrogen) atoms. The molecule has 1 aliphatic carbocycles. The summed E-state index contributed by atoms with van der Waals surface area (Å²) in [4.78, 5) is 11.4. The van der Waals surface area contributed by atoms with Gasteiger partial charge in [-0.2, -0.15) is 0 Å². The van der Waals surface area contributed by atoms with Crippen molar-refractivity contribution in [2.24, 2.45) is 5.41 Å². The Balaban J connectivity index is 2.33. The molecule has 0 unspecified atom stereocenters. The second kappa shape index (κ2) is 3.77. The summed E-state index contributed by atoms with van der Waals surface area (Å²) in [6, 6.07) is 0.106. The summed E-state index contributed by atoms with van der Waals surface area (Å²) in [6.45, 7) is 6.19. The van der Waals surface area contributed by atoms with Crippen LogP contribution in [0.15, 0.2) is 24.3 Å². The van der Waals surface area contributed by atoms with E-state index in [0.717, 1.165) is 0 Å². The van der Waals surface area contributed by atoms with Crippen LogP contribution in [0.25, 0.3) is 0 Å². The third-order valence-electron chi connectivity index (χ3n) is 1.77. The number of rotatable bonds is 2. The van der Waals surface area contributed by atoms with Crippen LogP contribution in [0.1, 0.15) is 27.2 Å². The van der Waals surface area contributed by atoms with Crippen molar-refractivity contribution in [3.05, 3.63) is 24.3 Å². The average Bonchev–Trinajstić information content (AvgIpc) is 2.34. The molecule has 2 heteroatoms. The Morgan fingerprint density at radius 1 is 1.31 bits per heavy atom. The van der Waals surface area contributed by atoms with Crippen molar-refractivity contribution >= 4 is 5.91 Å². The number of allylic oxidation sites excluding steroid dienone is 2. The fraction of sp³-hybridized carbons (Fsp3) is 0.545. The lowest BCUT2D eigenvalue weighted by atomic mass is 9.92. The molecule has 72 valence electrons. The second-order valence-electron chi connectivity index (χ2n) is 4.60. The van der Waals surface area contributed by atoms with Gasteiger partial charge in [-0.15, -0.1) is 0 Å². The smallest absolute Gasteiger partial charge is 0.221 e. The molecule has 0 saturated heterocycles. The minimum absolute atomic E-state index is 0.0656. The Bertz CT molecular complexity index is 233. The molecular weight excluding hydrogens is 162 g/mol. The van der Waals surface area contributed by atoms with E-state index in [1.807, 2.05) is 24.3 Å². The summed E-state index contributed by atoms with van der Waals surface area (Å²) in [7, 11) is 0. The van der Waals surface area contributed by atoms with Crippen LogP contribution in [0.2, 0.25) is 0 Å². The summed E-state index contributed by atoms with van der Waals surface area (Å²) >= 11 is 0. The van der Waals surface area contributed by atoms with Gasteiger partial charge in [-0.3, -0.25) is 4.79 Å². The highest BCUT2D eigenvalue weighted by Crippen LogP contribution is 2.18. The van der Waals surface area contributed by atoms with Gasteiger partial charge in [0.1, 0.15) is 0 Å². The van der Waals surface area contributed by atoms with E-state index in [4.69, 9.17) is 0 Å². The zero-order chi connectivity index (χ0) is 9.90. The summed E-state index contributed by atoms with van der Waals surface area (Å²) in [6.07, 6.45) is 8.41. The normalized spacial score (nSPS) is 16.5. The monoisotopic (exact) mass is 179 g/mol. The van der Waals surface area contributed by atoms with E-state index in [1.54, 1.807) is 0 Å². The van der Waals surface area contributed by atoms with Crippen LogP contribution in [0.3, 0.4) is 0 Å². The van der Waals surface area contributed by atoms with Crippen molar-refractivity contribution in [2.45, 2.75) is 33.2 Å². The van der Waals surface area contributed by atoms with Crippen molar-refractivity contribution in [3.63, 3.8) is 0 Å². The molecule has 0 heterocycles. The maximum atomic E-state index is 11.4. The molecule has 0 radical (unpaired) electrons. The van der Waals surface area contributed by atoms with E-state index in [-0.39, 0.29) is 17.4 Å². The Morgan fingerprint density at radius 2 is 1.85 bits per heavy atom. The summed E-state index contributed by atoms with van der Waals surface area (Å²) < 4.78 is 0. The van der Waals surface area contributed by atoms with Gasteiger partial charge in [-0.05, 0) is 5.41 Å². The second-order valence-corrected chi connectivity index (χ2v) is 4.60. The van der Waals surface area contributed by atoms with Gasteiger partial charge in [0.15, 0.2) is 0 Å². The number of hydrogen-bond donors (Lipinski definition) is 1. The molecule has 0 saturated carbocycles. The maximum Gasteiger partial charge on any atom is 0.221 e. The van der Waals surface area contributed by atoms with Crippen LogP contribution >= 0.6 is 0 Å². The molecule has 1 N–H and O–H groups in total. The van der Waals surface area contributed by atoms with E-state index in [1.165, 1.54) is 0 Å². The lowest BCUT2D eigenvalue weighted by Gasteiger charge is -2.18. The van der Waals surface area contributed by atoms with Crippen LogP contribution in [-0.4, -0.2) is 11.9 Å². The molecule has 0 aromatic carbocycles. The van der Waals surface area contributed by atoms with Gasteiger partial charge in [0, 0.05) is 6.42 Å². The molecule has 0 atom stereocenters. The standard InChI is InChI=1S/C11H17NO/c1-11(2,3)8-10(13)12-9-6-4-5-7-9/h4-7,9H,8H2,1-3H3,(H,12,13). The van der Waals surface area contributed by atoms with Crippen molar-refractivity contribution in [2.75, 3.05) is 0 Å². The van der Waals surface area contributed by atoms with Crippen LogP contribution in [0.4, 0.5) is 0 Å². The largest absolute Gasteiger partial charge is 0.346 e. The highest BCUT2D eigenvalue weighted by Gasteiger charge is 2.17. The summed E-state index contributed by atoms with van der Waals surface area (Å²) in [5, 5.41) is 2.92. The lowest BCUT2D eigenvalue weighted by molar-refractivity contribution is -0.122. The first-order valence-corrected chi connectivity index (χ1v) is 4.62. The molecule has 1 aliphatic rings. The molecule has 1 rings (SSSR count). The predicted molar refractivity (Wildman–Crippen MR) is 54.3 cm³/mol. The number of carbonyl (C=O) groups is 1. The first-order chi connectivity index (χ1) is 5.97. The zero-order valence-electron chi connectivity index (χ0n) is 8.50. The molecular formula is C11H17NO. The predicted octanol–water partition coefficient (Wildman–Crippen LogP) is 2.03. The number of carbonyl (C=O) groups excluding carboxylic acids is 1. The van der Waals surface area contributed by atoms with Gasteiger partial charge in [0.25, 0.3) is 0 Å². The van der Waals surface area contributed by atoms with Gasteiger partial charge in [-0.25, -0.2) is 0 Å². The molecule has 0 aromatic rings. The van der Waals surface area contributed by atoms with Gasteiger partial charge in [0.2, 0.25) is 5.91 Å². The van der Waals surface area contributed by atoms with Gasteiger partial charge < -0.3 is 5.32 Å². The van der Waals surface area contributed by atoms with Crippen LogP contribution in [0.5, 0.6) is 0 Å². The lowest BCUT2D eigenvalue weighted by Crippen LogP contribution is -2.33. The van der Waals surface area contributed by atoms with Crippen molar-refractivity contribution in [3.8, 4) is 0 Å². The highest BCUT2D eigenvalue weighted by molar-refractivity contribution is 5.77. The van der Waals surface area contributed by atoms with E-state index < -0.39 is 0 Å². The maximum absolute atomic E-state index is 11.4. The van der Waals surface area contributed by atoms with E-state index in [2.05, 4.69) is 26.1 Å². The molecule has 0 spiro atoms. The fourth-order valence-electron chi connectivity index (χ4n) is 1.25. The molecule has 0 aromatic heterocycles. The molecule has 2 nitrogen and oxygen atoms in total. The SMILES string of the molecule is CC(C)(C)CC(=O)NC1C=CC=C1. The van der Waals surface area contributed by atoms with E-state index >= 15 is 0 Å². The molecule has 0 bridgehead atoms. The van der Waals surface area contributed by atoms with E-state index in [9.17, 15) is 4.79 Å². The topological polar surface area (TPSA) is 29.1 Å². The van der Waals surface area contributed by atoms with Gasteiger partial charge in [-0.1, -0.05) is 45.1 Å². The Morgan fingerprint density at radius 3 is 2.31 bits per heavy atom. The van der Waals surface area contributed by atoms with Crippen LogP contribution < -0.4 is 5.32 Å². The minimum Gasteiger partial charge on any atom is -0.346 e.